The smallest absolute Gasteiger partial charge is 0.409 e. The van der Waals surface area contributed by atoms with Crippen molar-refractivity contribution in [2.24, 2.45) is 5.41 Å². The summed E-state index contributed by atoms with van der Waals surface area (Å²) in [5, 5.41) is 40.8. The molecule has 0 aromatic heterocycles. The Morgan fingerprint density at radius 1 is 0.561 bits per heavy atom. The van der Waals surface area contributed by atoms with Gasteiger partial charge in [0.2, 0.25) is 0 Å². The van der Waals surface area contributed by atoms with Crippen LogP contribution in [0.1, 0.15) is 72.6 Å². The van der Waals surface area contributed by atoms with Crippen molar-refractivity contribution in [1.82, 2.24) is 0 Å². The fraction of sp³-hybridized carbons (Fsp3) is 0.586. The van der Waals surface area contributed by atoms with E-state index < -0.39 is 47.5 Å². The highest BCUT2D eigenvalue weighted by atomic mass is 16.9. The van der Waals surface area contributed by atoms with Crippen molar-refractivity contribution >= 4 is 23.9 Å². The third-order valence-corrected chi connectivity index (χ3v) is 6.06. The Hall–Kier alpha value is -3.32. The Bertz CT molecular complexity index is 931. The van der Waals surface area contributed by atoms with E-state index in [2.05, 4.69) is 26.3 Å². The topological polar surface area (TPSA) is 186 Å². The first-order valence-electron chi connectivity index (χ1n) is 13.1. The summed E-state index contributed by atoms with van der Waals surface area (Å²) in [4.78, 5) is 51.6. The second kappa shape index (κ2) is 16.8. The molecule has 0 atom stereocenters. The molecule has 0 unspecified atom stereocenters. The van der Waals surface area contributed by atoms with Crippen LogP contribution in [0, 0.1) is 5.41 Å². The first-order valence-corrected chi connectivity index (χ1v) is 13.1. The monoisotopic (exact) mass is 584 g/mol. The number of esters is 4. The van der Waals surface area contributed by atoms with E-state index >= 15 is 0 Å². The average Bonchev–Trinajstić information content (AvgIpc) is 2.88. The predicted octanol–water partition coefficient (Wildman–Crippen LogP) is 2.50. The fourth-order valence-corrected chi connectivity index (χ4v) is 3.91. The Balaban J connectivity index is 7.83. The van der Waals surface area contributed by atoms with Crippen molar-refractivity contribution in [2.45, 2.75) is 84.4 Å². The molecule has 0 saturated heterocycles. The molecule has 4 N–H and O–H groups in total. The summed E-state index contributed by atoms with van der Waals surface area (Å²) in [6, 6.07) is 0. The number of hydrogen-bond acceptors (Lipinski definition) is 12. The maximum atomic E-state index is 13.0. The van der Waals surface area contributed by atoms with Crippen LogP contribution in [0.25, 0.3) is 0 Å². The third kappa shape index (κ3) is 11.2. The molecule has 0 saturated carbocycles. The predicted molar refractivity (Wildman–Crippen MR) is 147 cm³/mol. The summed E-state index contributed by atoms with van der Waals surface area (Å²) in [6.07, 6.45) is 0.155. The summed E-state index contributed by atoms with van der Waals surface area (Å²) < 4.78 is 21.5. The highest BCUT2D eigenvalue weighted by Gasteiger charge is 2.67. The molecule has 0 radical (unpaired) electrons. The molecule has 0 amide bonds. The molecule has 0 spiro atoms. The van der Waals surface area contributed by atoms with Gasteiger partial charge in [0.15, 0.2) is 0 Å². The molecule has 12 heteroatoms. The van der Waals surface area contributed by atoms with E-state index in [0.29, 0.717) is 0 Å². The zero-order chi connectivity index (χ0) is 32.0. The summed E-state index contributed by atoms with van der Waals surface area (Å²) in [5.74, 6) is -11.8. The van der Waals surface area contributed by atoms with Gasteiger partial charge in [0.1, 0.15) is 0 Å². The molecule has 12 nitrogen and oxygen atoms in total. The van der Waals surface area contributed by atoms with E-state index in [4.69, 9.17) is 18.9 Å². The first-order chi connectivity index (χ1) is 18.9. The van der Waals surface area contributed by atoms with Crippen LogP contribution in [0.3, 0.4) is 0 Å². The molecule has 0 aliphatic carbocycles. The van der Waals surface area contributed by atoms with Gasteiger partial charge in [-0.1, -0.05) is 26.3 Å². The van der Waals surface area contributed by atoms with E-state index in [1.54, 1.807) is 0 Å². The molecule has 232 valence electrons. The quantitative estimate of drug-likeness (QED) is 0.0932. The largest absolute Gasteiger partial charge is 0.456 e. The average molecular weight is 585 g/mol. The number of ether oxygens (including phenoxy) is 4. The molecule has 0 aliphatic rings. The van der Waals surface area contributed by atoms with Crippen LogP contribution in [-0.4, -0.2) is 75.9 Å². The first kappa shape index (κ1) is 37.7. The van der Waals surface area contributed by atoms with Crippen LogP contribution < -0.4 is 0 Å². The van der Waals surface area contributed by atoms with Crippen molar-refractivity contribution in [3.8, 4) is 0 Å². The van der Waals surface area contributed by atoms with Crippen molar-refractivity contribution in [3.63, 3.8) is 0 Å². The summed E-state index contributed by atoms with van der Waals surface area (Å²) in [7, 11) is 0. The van der Waals surface area contributed by atoms with E-state index in [-0.39, 0.29) is 80.6 Å². The lowest BCUT2D eigenvalue weighted by molar-refractivity contribution is -0.446. The Labute approximate surface area is 240 Å². The third-order valence-electron chi connectivity index (χ3n) is 6.06. The van der Waals surface area contributed by atoms with Crippen molar-refractivity contribution < 1.29 is 58.6 Å². The van der Waals surface area contributed by atoms with Crippen LogP contribution >= 0.6 is 0 Å². The van der Waals surface area contributed by atoms with Gasteiger partial charge in [-0.3, -0.25) is 0 Å². The number of rotatable bonds is 20. The van der Waals surface area contributed by atoms with Gasteiger partial charge in [-0.2, -0.15) is 0 Å². The SMILES string of the molecule is C=C(C)C(=O)OC(O)(OC(=O)C(=C)C)C(CC(CCCO)(CCCO)CCCO)(OC(=O)C(=C)C)OC(=O)C(=C)C. The highest BCUT2D eigenvalue weighted by molar-refractivity contribution is 5.91. The lowest BCUT2D eigenvalue weighted by Gasteiger charge is -2.47. The molecular formula is C29H44O12. The minimum atomic E-state index is -3.63. The molecular weight excluding hydrogens is 540 g/mol. The molecule has 0 rings (SSSR count). The molecule has 41 heavy (non-hydrogen) atoms. The maximum absolute atomic E-state index is 13.0. The highest BCUT2D eigenvalue weighted by Crippen LogP contribution is 2.49. The van der Waals surface area contributed by atoms with Crippen LogP contribution in [0.15, 0.2) is 48.6 Å². The van der Waals surface area contributed by atoms with Crippen LogP contribution in [0.2, 0.25) is 0 Å². The van der Waals surface area contributed by atoms with Gasteiger partial charge in [-0.25, -0.2) is 19.2 Å². The van der Waals surface area contributed by atoms with Crippen LogP contribution in [0.4, 0.5) is 0 Å². The number of aliphatic hydroxyl groups excluding tert-OH is 3. The number of aliphatic hydroxyl groups is 4. The van der Waals surface area contributed by atoms with Gasteiger partial charge < -0.3 is 39.4 Å². The van der Waals surface area contributed by atoms with E-state index in [1.165, 1.54) is 27.7 Å². The molecule has 0 aromatic rings. The Morgan fingerprint density at radius 3 is 1.07 bits per heavy atom. The molecule has 0 heterocycles. The van der Waals surface area contributed by atoms with E-state index in [1.807, 2.05) is 0 Å². The van der Waals surface area contributed by atoms with Gasteiger partial charge >= 0.3 is 35.6 Å². The molecule has 0 aliphatic heterocycles. The van der Waals surface area contributed by atoms with Gasteiger partial charge in [-0.05, 0) is 71.6 Å². The van der Waals surface area contributed by atoms with Crippen LogP contribution in [-0.2, 0) is 38.1 Å². The molecule has 0 bridgehead atoms. The summed E-state index contributed by atoms with van der Waals surface area (Å²) in [5.41, 5.74) is -2.18. The van der Waals surface area contributed by atoms with E-state index in [0.717, 1.165) is 0 Å². The standard InChI is InChI=1S/C29H44O12/c1-19(2)23(33)38-28(39-24(34)20(3)4,18-27(12-9-15-30,13-10-16-31)14-11-17-32)29(37,40-25(35)21(5)6)41-26(36)22(7)8/h30-32,37H,1,3,5,7,9-18H2,2,4,6,8H3. The number of carbonyl (C=O) groups is 4. The summed E-state index contributed by atoms with van der Waals surface area (Å²) >= 11 is 0. The van der Waals surface area contributed by atoms with Crippen molar-refractivity contribution in [3.05, 3.63) is 48.6 Å². The van der Waals surface area contributed by atoms with Gasteiger partial charge in [-0.15, -0.1) is 0 Å². The second-order valence-electron chi connectivity index (χ2n) is 10.2. The number of hydrogen-bond donors (Lipinski definition) is 4. The van der Waals surface area contributed by atoms with Gasteiger partial charge in [0.25, 0.3) is 0 Å². The van der Waals surface area contributed by atoms with Gasteiger partial charge in [0.05, 0.1) is 0 Å². The molecule has 0 aromatic carbocycles. The van der Waals surface area contributed by atoms with Gasteiger partial charge in [0, 0.05) is 48.5 Å². The number of carbonyl (C=O) groups excluding carboxylic acids is 4. The Kier molecular flexibility index (Phi) is 15.5. The zero-order valence-electron chi connectivity index (χ0n) is 24.5. The Morgan fingerprint density at radius 2 is 0.829 bits per heavy atom. The zero-order valence-corrected chi connectivity index (χ0v) is 24.5. The minimum Gasteiger partial charge on any atom is -0.409 e. The second-order valence-corrected chi connectivity index (χ2v) is 10.2. The normalized spacial score (nSPS) is 11.7. The van der Waals surface area contributed by atoms with Crippen molar-refractivity contribution in [2.75, 3.05) is 19.8 Å². The fourth-order valence-electron chi connectivity index (χ4n) is 3.91. The van der Waals surface area contributed by atoms with E-state index in [9.17, 15) is 39.6 Å². The minimum absolute atomic E-state index is 0.124. The van der Waals surface area contributed by atoms with Crippen LogP contribution in [0.5, 0.6) is 0 Å². The lowest BCUT2D eigenvalue weighted by atomic mass is 9.70. The maximum Gasteiger partial charge on any atom is 0.456 e. The van der Waals surface area contributed by atoms with Crippen molar-refractivity contribution in [1.29, 1.82) is 0 Å². The summed E-state index contributed by atoms with van der Waals surface area (Å²) in [6.45, 7) is 18.0. The lowest BCUT2D eigenvalue weighted by Crippen LogP contribution is -2.65. The molecule has 0 fully saturated rings.